The van der Waals surface area contributed by atoms with Crippen LogP contribution in [0.5, 0.6) is 0 Å². The smallest absolute Gasteiger partial charge is 0.272 e. The predicted molar refractivity (Wildman–Crippen MR) is 91.8 cm³/mol. The average molecular weight is 338 g/mol. The number of aromatic amines is 1. The number of nitrogens with zero attached hydrogens (tertiary/aromatic N) is 3. The summed E-state index contributed by atoms with van der Waals surface area (Å²) < 4.78 is 1.61. The molecule has 3 aromatic rings. The Morgan fingerprint density at radius 2 is 1.96 bits per heavy atom. The van der Waals surface area contributed by atoms with Crippen LogP contribution in [0.4, 0.5) is 5.82 Å². The number of benzene rings is 1. The van der Waals surface area contributed by atoms with Crippen LogP contribution in [0.15, 0.2) is 48.7 Å². The summed E-state index contributed by atoms with van der Waals surface area (Å²) in [5.41, 5.74) is 1.78. The topological polar surface area (TPSA) is 105 Å². The number of amides is 2. The van der Waals surface area contributed by atoms with E-state index in [9.17, 15) is 9.59 Å². The Kier molecular flexibility index (Phi) is 4.60. The van der Waals surface area contributed by atoms with Crippen LogP contribution < -0.4 is 10.6 Å². The summed E-state index contributed by atoms with van der Waals surface area (Å²) in [5, 5.41) is 16.0. The monoisotopic (exact) mass is 338 g/mol. The highest BCUT2D eigenvalue weighted by Gasteiger charge is 2.24. The van der Waals surface area contributed by atoms with Gasteiger partial charge in [0.2, 0.25) is 0 Å². The number of aromatic nitrogens is 4. The molecule has 1 atom stereocenters. The molecule has 0 aliphatic heterocycles. The van der Waals surface area contributed by atoms with Crippen molar-refractivity contribution in [1.82, 2.24) is 25.3 Å². The van der Waals surface area contributed by atoms with Gasteiger partial charge in [-0.1, -0.05) is 30.3 Å². The predicted octanol–water partition coefficient (Wildman–Crippen LogP) is 1.56. The second-order valence-corrected chi connectivity index (χ2v) is 5.57. The first kappa shape index (κ1) is 16.4. The summed E-state index contributed by atoms with van der Waals surface area (Å²) in [6.45, 7) is 1.85. The fraction of sp³-hybridized carbons (Fsp3) is 0.176. The summed E-state index contributed by atoms with van der Waals surface area (Å²) >= 11 is 0. The Morgan fingerprint density at radius 3 is 2.56 bits per heavy atom. The van der Waals surface area contributed by atoms with E-state index in [0.717, 1.165) is 5.69 Å². The Hall–Kier alpha value is -3.42. The molecule has 8 heteroatoms. The molecule has 3 rings (SSSR count). The molecule has 128 valence electrons. The fourth-order valence-electron chi connectivity index (χ4n) is 2.35. The van der Waals surface area contributed by atoms with Gasteiger partial charge in [0, 0.05) is 18.8 Å². The standard InChI is InChI=1S/C17H18N6O2/c1-11-10-13(22-23(11)2)16(24)20-15(12-6-4-3-5-7-12)17(25)19-14-8-9-18-21-14/h3-10,15H,1-2H3,(H,20,24)(H2,18,19,21,25)/t15-/m1/s1. The van der Waals surface area contributed by atoms with Crippen molar-refractivity contribution in [2.45, 2.75) is 13.0 Å². The first-order valence-corrected chi connectivity index (χ1v) is 7.71. The molecule has 2 heterocycles. The average Bonchev–Trinajstić information content (AvgIpc) is 3.23. The van der Waals surface area contributed by atoms with Gasteiger partial charge in [-0.25, -0.2) is 0 Å². The van der Waals surface area contributed by atoms with Gasteiger partial charge in [-0.15, -0.1) is 0 Å². The van der Waals surface area contributed by atoms with Gasteiger partial charge in [-0.3, -0.25) is 19.4 Å². The Bertz CT molecular complexity index is 850. The highest BCUT2D eigenvalue weighted by molar-refractivity contribution is 6.00. The van der Waals surface area contributed by atoms with Gasteiger partial charge >= 0.3 is 0 Å². The van der Waals surface area contributed by atoms with Crippen molar-refractivity contribution in [2.75, 3.05) is 5.32 Å². The summed E-state index contributed by atoms with van der Waals surface area (Å²) in [5.74, 6) is -0.345. The van der Waals surface area contributed by atoms with Crippen molar-refractivity contribution in [3.63, 3.8) is 0 Å². The molecule has 3 N–H and O–H groups in total. The van der Waals surface area contributed by atoms with Crippen LogP contribution in [0.25, 0.3) is 0 Å². The lowest BCUT2D eigenvalue weighted by Crippen LogP contribution is -2.37. The molecule has 1 aromatic carbocycles. The number of hydrogen-bond donors (Lipinski definition) is 3. The molecule has 0 radical (unpaired) electrons. The second-order valence-electron chi connectivity index (χ2n) is 5.57. The quantitative estimate of drug-likeness (QED) is 0.656. The van der Waals surface area contributed by atoms with E-state index in [4.69, 9.17) is 0 Å². The van der Waals surface area contributed by atoms with Crippen LogP contribution in [0.3, 0.4) is 0 Å². The number of carbonyl (C=O) groups excluding carboxylic acids is 2. The lowest BCUT2D eigenvalue weighted by Gasteiger charge is -2.17. The molecule has 0 saturated carbocycles. The molecular weight excluding hydrogens is 320 g/mol. The van der Waals surface area contributed by atoms with E-state index in [-0.39, 0.29) is 11.6 Å². The zero-order valence-corrected chi connectivity index (χ0v) is 13.9. The molecule has 8 nitrogen and oxygen atoms in total. The van der Waals surface area contributed by atoms with Crippen molar-refractivity contribution in [1.29, 1.82) is 0 Å². The summed E-state index contributed by atoms with van der Waals surface area (Å²) in [7, 11) is 1.76. The van der Waals surface area contributed by atoms with E-state index >= 15 is 0 Å². The SMILES string of the molecule is Cc1cc(C(=O)N[C@@H](C(=O)Nc2ccn[nH]2)c2ccccc2)nn1C. The van der Waals surface area contributed by atoms with Gasteiger partial charge in [0.05, 0.1) is 6.20 Å². The Labute approximate surface area is 144 Å². The van der Waals surface area contributed by atoms with Crippen LogP contribution in [-0.2, 0) is 11.8 Å². The Morgan fingerprint density at radius 1 is 1.20 bits per heavy atom. The van der Waals surface area contributed by atoms with Crippen LogP contribution in [0.1, 0.15) is 27.8 Å². The lowest BCUT2D eigenvalue weighted by molar-refractivity contribution is -0.118. The number of aryl methyl sites for hydroxylation is 2. The van der Waals surface area contributed by atoms with E-state index in [1.54, 1.807) is 36.0 Å². The second kappa shape index (κ2) is 7.00. The van der Waals surface area contributed by atoms with Crippen molar-refractivity contribution in [3.8, 4) is 0 Å². The van der Waals surface area contributed by atoms with Gasteiger partial charge in [-0.2, -0.15) is 10.2 Å². The molecule has 0 aliphatic rings. The normalized spacial score (nSPS) is 11.8. The van der Waals surface area contributed by atoms with E-state index in [1.807, 2.05) is 25.1 Å². The lowest BCUT2D eigenvalue weighted by atomic mass is 10.1. The molecule has 2 amide bonds. The van der Waals surface area contributed by atoms with Crippen molar-refractivity contribution >= 4 is 17.6 Å². The summed E-state index contributed by atoms with van der Waals surface area (Å²) in [6.07, 6.45) is 1.53. The van der Waals surface area contributed by atoms with E-state index in [0.29, 0.717) is 11.4 Å². The third-order valence-corrected chi connectivity index (χ3v) is 3.78. The van der Waals surface area contributed by atoms with E-state index in [2.05, 4.69) is 25.9 Å². The third kappa shape index (κ3) is 3.74. The number of rotatable bonds is 5. The molecule has 0 unspecified atom stereocenters. The number of nitrogens with one attached hydrogen (secondary N) is 3. The molecule has 0 bridgehead atoms. The van der Waals surface area contributed by atoms with E-state index < -0.39 is 11.9 Å². The van der Waals surface area contributed by atoms with Gasteiger partial charge < -0.3 is 10.6 Å². The van der Waals surface area contributed by atoms with Gasteiger partial charge in [0.1, 0.15) is 17.6 Å². The maximum absolute atomic E-state index is 12.7. The highest BCUT2D eigenvalue weighted by Crippen LogP contribution is 2.16. The zero-order chi connectivity index (χ0) is 17.8. The number of H-pyrrole nitrogens is 1. The number of carbonyl (C=O) groups is 2. The Balaban J connectivity index is 1.83. The minimum atomic E-state index is -0.862. The minimum Gasteiger partial charge on any atom is -0.335 e. The van der Waals surface area contributed by atoms with Crippen LogP contribution in [-0.4, -0.2) is 31.8 Å². The first-order chi connectivity index (χ1) is 12.0. The molecule has 0 aliphatic carbocycles. The molecule has 0 fully saturated rings. The van der Waals surface area contributed by atoms with E-state index in [1.165, 1.54) is 6.20 Å². The van der Waals surface area contributed by atoms with Gasteiger partial charge in [0.25, 0.3) is 11.8 Å². The third-order valence-electron chi connectivity index (χ3n) is 3.78. The van der Waals surface area contributed by atoms with Gasteiger partial charge in [0.15, 0.2) is 0 Å². The van der Waals surface area contributed by atoms with Crippen molar-refractivity contribution in [3.05, 3.63) is 65.6 Å². The largest absolute Gasteiger partial charge is 0.335 e. The minimum absolute atomic E-state index is 0.260. The molecule has 0 spiro atoms. The molecule has 2 aromatic heterocycles. The molecule has 0 saturated heterocycles. The number of hydrogen-bond acceptors (Lipinski definition) is 4. The first-order valence-electron chi connectivity index (χ1n) is 7.71. The summed E-state index contributed by atoms with van der Waals surface area (Å²) in [4.78, 5) is 25.2. The number of anilines is 1. The maximum Gasteiger partial charge on any atom is 0.272 e. The highest BCUT2D eigenvalue weighted by atomic mass is 16.2. The van der Waals surface area contributed by atoms with Crippen LogP contribution in [0, 0.1) is 6.92 Å². The van der Waals surface area contributed by atoms with Crippen LogP contribution in [0.2, 0.25) is 0 Å². The molecule has 25 heavy (non-hydrogen) atoms. The maximum atomic E-state index is 12.7. The fourth-order valence-corrected chi connectivity index (χ4v) is 2.35. The zero-order valence-electron chi connectivity index (χ0n) is 13.9. The van der Waals surface area contributed by atoms with Crippen molar-refractivity contribution < 1.29 is 9.59 Å². The molecular formula is C17H18N6O2. The van der Waals surface area contributed by atoms with Crippen LogP contribution >= 0.6 is 0 Å². The van der Waals surface area contributed by atoms with Crippen molar-refractivity contribution in [2.24, 2.45) is 7.05 Å². The summed E-state index contributed by atoms with van der Waals surface area (Å²) in [6, 6.07) is 11.5. The van der Waals surface area contributed by atoms with Gasteiger partial charge in [-0.05, 0) is 18.6 Å².